The molecule has 0 radical (unpaired) electrons. The summed E-state index contributed by atoms with van der Waals surface area (Å²) in [6.45, 7) is 9.03. The quantitative estimate of drug-likeness (QED) is 0.612. The number of aromatic nitrogens is 2. The van der Waals surface area contributed by atoms with E-state index < -0.39 is 0 Å². The zero-order chi connectivity index (χ0) is 9.56. The molecular weight excluding hydrogens is 348 g/mol. The van der Waals surface area contributed by atoms with Crippen molar-refractivity contribution in [2.45, 2.75) is 20.8 Å². The minimum Gasteiger partial charge on any atom is -0.415 e. The van der Waals surface area contributed by atoms with E-state index in [1.807, 2.05) is 13.8 Å². The molecule has 2 N–H and O–H groups in total. The van der Waals surface area contributed by atoms with Gasteiger partial charge < -0.3 is 28.1 Å². The molecule has 14 heavy (non-hydrogen) atoms. The molecule has 0 aliphatic carbocycles. The number of anilines is 1. The van der Waals surface area contributed by atoms with Gasteiger partial charge in [-0.2, -0.15) is 0 Å². The van der Waals surface area contributed by atoms with Crippen LogP contribution >= 0.6 is 0 Å². The van der Waals surface area contributed by atoms with E-state index in [-0.39, 0.29) is 28.5 Å². The third-order valence-electron chi connectivity index (χ3n) is 0.997. The van der Waals surface area contributed by atoms with Crippen LogP contribution in [0.2, 0.25) is 0 Å². The maximum atomic E-state index is 5.39. The van der Waals surface area contributed by atoms with Gasteiger partial charge in [-0.1, -0.05) is 27.0 Å². The molecular formula is C9H16N4W. The number of aryl methyl sites for hydroxylation is 1. The maximum absolute atomic E-state index is 5.39. The van der Waals surface area contributed by atoms with Gasteiger partial charge in [-0.15, -0.1) is 0 Å². The molecule has 4 nitrogen and oxygen atoms in total. The molecule has 0 fully saturated rings. The van der Waals surface area contributed by atoms with Crippen LogP contribution in [0.4, 0.5) is 11.5 Å². The molecule has 5 heteroatoms. The van der Waals surface area contributed by atoms with Crippen LogP contribution in [0.1, 0.15) is 19.7 Å². The molecule has 0 aromatic carbocycles. The third kappa shape index (κ3) is 5.81. The predicted octanol–water partition coefficient (Wildman–Crippen LogP) is 1.97. The molecule has 78 valence electrons. The second kappa shape index (κ2) is 10.3. The van der Waals surface area contributed by atoms with Gasteiger partial charge in [0.2, 0.25) is 0 Å². The second-order valence-corrected chi connectivity index (χ2v) is 1.78. The Labute approximate surface area is 100 Å². The van der Waals surface area contributed by atoms with Crippen LogP contribution in [0.15, 0.2) is 4.99 Å². The fourth-order valence-corrected chi connectivity index (χ4v) is 0.550. The van der Waals surface area contributed by atoms with Gasteiger partial charge in [-0.3, -0.25) is 0 Å². The Morgan fingerprint density at radius 1 is 1.43 bits per heavy atom. The van der Waals surface area contributed by atoms with Gasteiger partial charge in [0, 0.05) is 5.82 Å². The normalized spacial score (nSPS) is 7.07. The standard InChI is InChI=1S/C6H7N4.C2H6.CH3.W/c1-4-9-3-5(7)6(8-2)10-4;1-2;;/h2,7H2,1H3;1-2H3;1H3;/q-1;;-1;+2. The van der Waals surface area contributed by atoms with Crippen LogP contribution in [0.3, 0.4) is 0 Å². The number of nitrogen functional groups attached to an aromatic ring is 1. The van der Waals surface area contributed by atoms with E-state index in [1.165, 1.54) is 0 Å². The molecule has 0 amide bonds. The van der Waals surface area contributed by atoms with Crippen molar-refractivity contribution in [2.24, 2.45) is 4.99 Å². The Hall–Kier alpha value is -0.762. The summed E-state index contributed by atoms with van der Waals surface area (Å²) in [5, 5.41) is 0. The van der Waals surface area contributed by atoms with Crippen LogP contribution in [0, 0.1) is 20.5 Å². The van der Waals surface area contributed by atoms with E-state index in [9.17, 15) is 0 Å². The van der Waals surface area contributed by atoms with E-state index >= 15 is 0 Å². The van der Waals surface area contributed by atoms with Crippen molar-refractivity contribution >= 4 is 18.2 Å². The van der Waals surface area contributed by atoms with Gasteiger partial charge in [0.1, 0.15) is 0 Å². The number of hydrogen-bond donors (Lipinski definition) is 1. The second-order valence-electron chi connectivity index (χ2n) is 1.78. The van der Waals surface area contributed by atoms with Crippen LogP contribution in [0.5, 0.6) is 0 Å². The Bertz CT molecular complexity index is 263. The molecule has 1 aromatic rings. The largest absolute Gasteiger partial charge is 2.00 e. The molecule has 0 aliphatic heterocycles. The summed E-state index contributed by atoms with van der Waals surface area (Å²) in [4.78, 5) is 11.2. The van der Waals surface area contributed by atoms with Gasteiger partial charge in [-0.05, 0) is 12.4 Å². The van der Waals surface area contributed by atoms with Crippen molar-refractivity contribution in [3.63, 3.8) is 0 Å². The fourth-order valence-electron chi connectivity index (χ4n) is 0.550. The maximum Gasteiger partial charge on any atom is 2.00 e. The average molecular weight is 364 g/mol. The Kier molecular flexibility index (Phi) is 13.9. The first-order valence-corrected chi connectivity index (χ1v) is 3.72. The summed E-state index contributed by atoms with van der Waals surface area (Å²) in [7, 11) is 0. The number of nitrogens with zero attached hydrogens (tertiary/aromatic N) is 3. The SMILES string of the molecule is C=Nc1nc(C)n[c-]c1N.CC.[CH3-].[W+2]. The zero-order valence-corrected chi connectivity index (χ0v) is 12.0. The Morgan fingerprint density at radius 3 is 2.29 bits per heavy atom. The van der Waals surface area contributed by atoms with E-state index in [2.05, 4.69) is 27.9 Å². The molecule has 0 unspecified atom stereocenters. The topological polar surface area (TPSA) is 64.2 Å². The minimum atomic E-state index is 0. The molecule has 1 aromatic heterocycles. The predicted molar refractivity (Wildman–Crippen MR) is 57.0 cm³/mol. The molecule has 0 spiro atoms. The molecule has 0 bridgehead atoms. The third-order valence-corrected chi connectivity index (χ3v) is 0.997. The molecule has 1 heterocycles. The van der Waals surface area contributed by atoms with Gasteiger partial charge in [-0.25, -0.2) is 0 Å². The van der Waals surface area contributed by atoms with Crippen molar-refractivity contribution in [3.05, 3.63) is 19.4 Å². The van der Waals surface area contributed by atoms with Crippen molar-refractivity contribution in [1.82, 2.24) is 9.97 Å². The summed E-state index contributed by atoms with van der Waals surface area (Å²) in [5.74, 6) is 0.990. The first-order chi connectivity index (χ1) is 5.74. The van der Waals surface area contributed by atoms with Gasteiger partial charge in [0.15, 0.2) is 0 Å². The van der Waals surface area contributed by atoms with Gasteiger partial charge in [0.05, 0.1) is 5.82 Å². The summed E-state index contributed by atoms with van der Waals surface area (Å²) in [6, 6.07) is 0. The summed E-state index contributed by atoms with van der Waals surface area (Å²) in [6.07, 6.45) is 2.55. The summed E-state index contributed by atoms with van der Waals surface area (Å²) < 4.78 is 0. The monoisotopic (exact) mass is 364 g/mol. The van der Waals surface area contributed by atoms with Gasteiger partial charge in [0.25, 0.3) is 0 Å². The molecule has 0 saturated heterocycles. The van der Waals surface area contributed by atoms with E-state index in [4.69, 9.17) is 5.73 Å². The van der Waals surface area contributed by atoms with Crippen molar-refractivity contribution in [2.75, 3.05) is 5.73 Å². The Balaban J connectivity index is -0.000000284. The number of hydrogen-bond acceptors (Lipinski definition) is 4. The van der Waals surface area contributed by atoms with Crippen LogP contribution < -0.4 is 5.73 Å². The van der Waals surface area contributed by atoms with Gasteiger partial charge >= 0.3 is 21.1 Å². The van der Waals surface area contributed by atoms with Crippen LogP contribution in [-0.4, -0.2) is 16.7 Å². The van der Waals surface area contributed by atoms with Crippen LogP contribution in [-0.2, 0) is 21.1 Å². The minimum absolute atomic E-state index is 0. The first kappa shape index (κ1) is 18.9. The summed E-state index contributed by atoms with van der Waals surface area (Å²) >= 11 is 0. The zero-order valence-electron chi connectivity index (χ0n) is 9.03. The number of aliphatic imine (C=N–C) groups is 1. The van der Waals surface area contributed by atoms with E-state index in [0.29, 0.717) is 17.3 Å². The summed E-state index contributed by atoms with van der Waals surface area (Å²) in [5.41, 5.74) is 5.72. The Morgan fingerprint density at radius 2 is 1.93 bits per heavy atom. The van der Waals surface area contributed by atoms with E-state index in [0.717, 1.165) is 0 Å². The van der Waals surface area contributed by atoms with E-state index in [1.54, 1.807) is 6.92 Å². The number of rotatable bonds is 1. The van der Waals surface area contributed by atoms with Crippen molar-refractivity contribution in [1.29, 1.82) is 0 Å². The molecule has 0 atom stereocenters. The van der Waals surface area contributed by atoms with Crippen molar-refractivity contribution < 1.29 is 21.1 Å². The molecule has 1 rings (SSSR count). The number of nitrogens with two attached hydrogens (primary N) is 1. The molecule has 0 saturated carbocycles. The van der Waals surface area contributed by atoms with Crippen molar-refractivity contribution in [3.8, 4) is 0 Å². The van der Waals surface area contributed by atoms with Crippen LogP contribution in [0.25, 0.3) is 0 Å². The smallest absolute Gasteiger partial charge is 0.415 e. The molecule has 0 aliphatic rings. The average Bonchev–Trinajstić information content (AvgIpc) is 2.13. The fraction of sp³-hybridized carbons (Fsp3) is 0.333. The first-order valence-electron chi connectivity index (χ1n) is 3.72.